The zero-order valence-electron chi connectivity index (χ0n) is 11.4. The van der Waals surface area contributed by atoms with Gasteiger partial charge >= 0.3 is 0 Å². The van der Waals surface area contributed by atoms with E-state index in [0.29, 0.717) is 11.4 Å². The smallest absolute Gasteiger partial charge is 0.207 e. The predicted molar refractivity (Wildman–Crippen MR) is 78.7 cm³/mol. The van der Waals surface area contributed by atoms with Crippen LogP contribution in [0.1, 0.15) is 24.4 Å². The van der Waals surface area contributed by atoms with Crippen molar-refractivity contribution < 1.29 is 12.8 Å². The second-order valence-electron chi connectivity index (χ2n) is 5.14. The largest absolute Gasteiger partial charge is 0.243 e. The van der Waals surface area contributed by atoms with Crippen LogP contribution < -0.4 is 0 Å². The van der Waals surface area contributed by atoms with Gasteiger partial charge in [0, 0.05) is 6.54 Å². The lowest BCUT2D eigenvalue weighted by molar-refractivity contribution is 0.396. The van der Waals surface area contributed by atoms with Gasteiger partial charge in [-0.2, -0.15) is 4.31 Å². The van der Waals surface area contributed by atoms with Crippen LogP contribution in [0.3, 0.4) is 0 Å². The summed E-state index contributed by atoms with van der Waals surface area (Å²) in [5.41, 5.74) is 0.841. The van der Waals surface area contributed by atoms with E-state index >= 15 is 0 Å². The van der Waals surface area contributed by atoms with E-state index in [2.05, 4.69) is 0 Å². The Morgan fingerprint density at radius 2 is 1.67 bits per heavy atom. The molecule has 0 aromatic heterocycles. The van der Waals surface area contributed by atoms with Gasteiger partial charge < -0.3 is 0 Å². The minimum Gasteiger partial charge on any atom is -0.207 e. The van der Waals surface area contributed by atoms with E-state index in [-0.39, 0.29) is 11.9 Å². The van der Waals surface area contributed by atoms with Crippen molar-refractivity contribution >= 4 is 10.0 Å². The van der Waals surface area contributed by atoms with Gasteiger partial charge in [-0.25, -0.2) is 12.8 Å². The van der Waals surface area contributed by atoms with Gasteiger partial charge in [0.25, 0.3) is 0 Å². The van der Waals surface area contributed by atoms with Gasteiger partial charge in [0.1, 0.15) is 5.82 Å². The van der Waals surface area contributed by atoms with Crippen LogP contribution in [0.4, 0.5) is 4.39 Å². The maximum absolute atomic E-state index is 13.0. The summed E-state index contributed by atoms with van der Waals surface area (Å²) in [6, 6.07) is 14.3. The third-order valence-electron chi connectivity index (χ3n) is 3.81. The summed E-state index contributed by atoms with van der Waals surface area (Å²) in [5.74, 6) is -0.311. The molecule has 0 spiro atoms. The van der Waals surface area contributed by atoms with Crippen LogP contribution in [0.15, 0.2) is 59.5 Å². The third kappa shape index (κ3) is 2.71. The molecule has 110 valence electrons. The Morgan fingerprint density at radius 3 is 2.33 bits per heavy atom. The molecule has 0 unspecified atom stereocenters. The van der Waals surface area contributed by atoms with E-state index in [1.54, 1.807) is 42.5 Å². The van der Waals surface area contributed by atoms with Crippen molar-refractivity contribution in [2.45, 2.75) is 23.8 Å². The van der Waals surface area contributed by atoms with Gasteiger partial charge in [-0.3, -0.25) is 0 Å². The molecule has 3 rings (SSSR count). The number of rotatable bonds is 3. The fourth-order valence-corrected chi connectivity index (χ4v) is 4.48. The molecule has 2 aromatic carbocycles. The van der Waals surface area contributed by atoms with Crippen LogP contribution in [-0.4, -0.2) is 19.3 Å². The summed E-state index contributed by atoms with van der Waals surface area (Å²) < 4.78 is 40.0. The summed E-state index contributed by atoms with van der Waals surface area (Å²) in [4.78, 5) is 0.305. The summed E-state index contributed by atoms with van der Waals surface area (Å²) in [6.45, 7) is 0.499. The predicted octanol–water partition coefficient (Wildman–Crippen LogP) is 3.35. The van der Waals surface area contributed by atoms with Gasteiger partial charge in [0.2, 0.25) is 10.0 Å². The molecule has 1 aliphatic heterocycles. The monoisotopic (exact) mass is 305 g/mol. The second-order valence-corrected chi connectivity index (χ2v) is 7.03. The van der Waals surface area contributed by atoms with Crippen molar-refractivity contribution in [3.63, 3.8) is 0 Å². The highest BCUT2D eigenvalue weighted by atomic mass is 32.2. The summed E-state index contributed by atoms with van der Waals surface area (Å²) in [5, 5.41) is 0. The molecule has 1 aliphatic rings. The molecule has 3 nitrogen and oxygen atoms in total. The molecule has 0 N–H and O–H groups in total. The number of hydrogen-bond donors (Lipinski definition) is 0. The van der Waals surface area contributed by atoms with Gasteiger partial charge in [0.05, 0.1) is 10.9 Å². The first-order valence-corrected chi connectivity index (χ1v) is 8.35. The Labute approximate surface area is 124 Å². The van der Waals surface area contributed by atoms with Gasteiger partial charge in [0.15, 0.2) is 0 Å². The van der Waals surface area contributed by atoms with E-state index in [1.165, 1.54) is 16.4 Å². The van der Waals surface area contributed by atoms with Crippen LogP contribution >= 0.6 is 0 Å². The zero-order valence-corrected chi connectivity index (χ0v) is 12.3. The van der Waals surface area contributed by atoms with Crippen molar-refractivity contribution in [1.82, 2.24) is 4.31 Å². The fourth-order valence-electron chi connectivity index (χ4n) is 2.77. The Hall–Kier alpha value is -1.72. The molecule has 0 bridgehead atoms. The van der Waals surface area contributed by atoms with E-state index in [9.17, 15) is 12.8 Å². The Balaban J connectivity index is 1.96. The highest BCUT2D eigenvalue weighted by Crippen LogP contribution is 2.36. The van der Waals surface area contributed by atoms with E-state index in [1.807, 2.05) is 0 Å². The Bertz CT molecular complexity index is 714. The summed E-state index contributed by atoms with van der Waals surface area (Å²) in [7, 11) is -3.51. The molecular formula is C16H16FNO2S. The average molecular weight is 305 g/mol. The van der Waals surface area contributed by atoms with Crippen molar-refractivity contribution in [2.75, 3.05) is 6.54 Å². The summed E-state index contributed by atoms with van der Waals surface area (Å²) >= 11 is 0. The summed E-state index contributed by atoms with van der Waals surface area (Å²) in [6.07, 6.45) is 1.58. The molecule has 0 saturated carbocycles. The van der Waals surface area contributed by atoms with Crippen molar-refractivity contribution in [3.8, 4) is 0 Å². The van der Waals surface area contributed by atoms with Gasteiger partial charge in [-0.1, -0.05) is 30.3 Å². The third-order valence-corrected chi connectivity index (χ3v) is 5.73. The minimum atomic E-state index is -3.51. The number of hydrogen-bond acceptors (Lipinski definition) is 2. The molecule has 21 heavy (non-hydrogen) atoms. The molecule has 1 fully saturated rings. The lowest BCUT2D eigenvalue weighted by Gasteiger charge is -2.24. The van der Waals surface area contributed by atoms with E-state index < -0.39 is 10.0 Å². The number of halogens is 1. The molecule has 5 heteroatoms. The minimum absolute atomic E-state index is 0.212. The second kappa shape index (κ2) is 5.58. The molecule has 0 amide bonds. The SMILES string of the molecule is O=S(=O)(c1ccccc1)N1CCC[C@H]1c1ccc(F)cc1. The topological polar surface area (TPSA) is 37.4 Å². The van der Waals surface area contributed by atoms with Crippen molar-refractivity contribution in [3.05, 3.63) is 66.0 Å². The standard InChI is InChI=1S/C16H16FNO2S/c17-14-10-8-13(9-11-14)16-7-4-12-18(16)21(19,20)15-5-2-1-3-6-15/h1-3,5-6,8-11,16H,4,7,12H2/t16-/m0/s1. The zero-order chi connectivity index (χ0) is 14.9. The molecule has 2 aromatic rings. The van der Waals surface area contributed by atoms with Crippen LogP contribution in [0.25, 0.3) is 0 Å². The van der Waals surface area contributed by atoms with Crippen LogP contribution in [0, 0.1) is 5.82 Å². The fraction of sp³-hybridized carbons (Fsp3) is 0.250. The Morgan fingerprint density at radius 1 is 1.00 bits per heavy atom. The number of benzene rings is 2. The maximum Gasteiger partial charge on any atom is 0.243 e. The average Bonchev–Trinajstić information content (AvgIpc) is 2.99. The molecule has 1 atom stereocenters. The highest BCUT2D eigenvalue weighted by Gasteiger charge is 2.35. The number of nitrogens with zero attached hydrogens (tertiary/aromatic N) is 1. The van der Waals surface area contributed by atoms with Crippen molar-refractivity contribution in [1.29, 1.82) is 0 Å². The van der Waals surface area contributed by atoms with Crippen LogP contribution in [0.5, 0.6) is 0 Å². The molecular weight excluding hydrogens is 289 g/mol. The lowest BCUT2D eigenvalue weighted by atomic mass is 10.1. The molecule has 1 saturated heterocycles. The Kier molecular flexibility index (Phi) is 3.78. The quantitative estimate of drug-likeness (QED) is 0.872. The van der Waals surface area contributed by atoms with Crippen LogP contribution in [-0.2, 0) is 10.0 Å². The maximum atomic E-state index is 13.0. The first-order chi connectivity index (χ1) is 10.1. The van der Waals surface area contributed by atoms with E-state index in [0.717, 1.165) is 18.4 Å². The van der Waals surface area contributed by atoms with Gasteiger partial charge in [-0.15, -0.1) is 0 Å². The molecule has 0 aliphatic carbocycles. The molecule has 0 radical (unpaired) electrons. The highest BCUT2D eigenvalue weighted by molar-refractivity contribution is 7.89. The van der Waals surface area contributed by atoms with Crippen LogP contribution in [0.2, 0.25) is 0 Å². The first-order valence-electron chi connectivity index (χ1n) is 6.91. The molecule has 1 heterocycles. The van der Waals surface area contributed by atoms with Crippen molar-refractivity contribution in [2.24, 2.45) is 0 Å². The first kappa shape index (κ1) is 14.2. The van der Waals surface area contributed by atoms with E-state index in [4.69, 9.17) is 0 Å². The number of sulfonamides is 1. The van der Waals surface area contributed by atoms with Gasteiger partial charge in [-0.05, 0) is 42.7 Å². The lowest BCUT2D eigenvalue weighted by Crippen LogP contribution is -2.30. The normalized spacial score (nSPS) is 19.8.